The van der Waals surface area contributed by atoms with Gasteiger partial charge in [0, 0.05) is 48.1 Å². The van der Waals surface area contributed by atoms with Crippen molar-refractivity contribution >= 4 is 22.6 Å². The molecule has 0 radical (unpaired) electrons. The van der Waals surface area contributed by atoms with Gasteiger partial charge in [-0.3, -0.25) is 4.79 Å². The molecule has 5 rings (SSSR count). The maximum atomic E-state index is 13.7. The van der Waals surface area contributed by atoms with Crippen LogP contribution in [-0.4, -0.2) is 27.6 Å². The third-order valence-electron chi connectivity index (χ3n) is 7.66. The molecule has 0 spiro atoms. The van der Waals surface area contributed by atoms with Gasteiger partial charge in [-0.1, -0.05) is 32.4 Å². The molecule has 1 amide bonds. The summed E-state index contributed by atoms with van der Waals surface area (Å²) in [7, 11) is 1.58. The monoisotopic (exact) mass is 504 g/mol. The minimum atomic E-state index is -0.890. The first kappa shape index (κ1) is 24.9. The number of amides is 1. The van der Waals surface area contributed by atoms with Crippen molar-refractivity contribution in [3.63, 3.8) is 0 Å². The van der Waals surface area contributed by atoms with Crippen molar-refractivity contribution in [2.75, 3.05) is 12.4 Å². The summed E-state index contributed by atoms with van der Waals surface area (Å²) >= 11 is 0. The third kappa shape index (κ3) is 5.05. The fourth-order valence-corrected chi connectivity index (χ4v) is 5.57. The largest absolute Gasteiger partial charge is 0.481 e. The van der Waals surface area contributed by atoms with E-state index in [1.165, 1.54) is 6.07 Å². The fourth-order valence-electron chi connectivity index (χ4n) is 5.57. The van der Waals surface area contributed by atoms with Gasteiger partial charge in [0.05, 0.1) is 24.5 Å². The molecule has 2 heterocycles. The Labute approximate surface area is 214 Å². The molecule has 4 atom stereocenters. The van der Waals surface area contributed by atoms with E-state index in [9.17, 15) is 13.6 Å². The lowest BCUT2D eigenvalue weighted by molar-refractivity contribution is -0.120. The quantitative estimate of drug-likeness (QED) is 0.290. The van der Waals surface area contributed by atoms with Crippen LogP contribution in [0.15, 0.2) is 61.1 Å². The lowest BCUT2D eigenvalue weighted by atomic mass is 10.0. The van der Waals surface area contributed by atoms with Gasteiger partial charge in [-0.2, -0.15) is 0 Å². The first-order valence-corrected chi connectivity index (χ1v) is 12.6. The van der Waals surface area contributed by atoms with E-state index in [0.717, 1.165) is 35.7 Å². The summed E-state index contributed by atoms with van der Waals surface area (Å²) in [5.74, 6) is -0.163. The number of imidazole rings is 1. The number of nitrogens with zero attached hydrogens (tertiary/aromatic N) is 3. The molecule has 6 nitrogen and oxygen atoms in total. The Balaban J connectivity index is 1.19. The van der Waals surface area contributed by atoms with Crippen LogP contribution in [0.5, 0.6) is 5.88 Å². The van der Waals surface area contributed by atoms with Gasteiger partial charge in [-0.05, 0) is 47.9 Å². The molecular formula is C29H30F2N4O2. The number of rotatable bonds is 9. The van der Waals surface area contributed by atoms with E-state index in [4.69, 9.17) is 4.74 Å². The molecule has 1 aliphatic rings. The molecule has 1 N–H and O–H groups in total. The minimum Gasteiger partial charge on any atom is -0.481 e. The summed E-state index contributed by atoms with van der Waals surface area (Å²) in [6, 6.07) is 13.8. The standard InChI is InChI=1S/C29H30F2N4O2/c1-4-21-22(11-12-35-16-33-25-13-23(30)24(31)14-26(25)35)28(21)17(2)29(36)34-20-8-5-18(6-9-20)19-7-10-27(37-3)32-15-19/h5-10,13-17,21-22,28H,4,11-12H2,1-3H3,(H,34,36). The maximum absolute atomic E-state index is 13.7. The predicted octanol–water partition coefficient (Wildman–Crippen LogP) is 6.32. The number of carbonyl (C=O) groups excluding carboxylic acids is 1. The number of halogens is 2. The van der Waals surface area contributed by atoms with Crippen LogP contribution in [0.3, 0.4) is 0 Å². The highest BCUT2D eigenvalue weighted by atomic mass is 19.2. The number of hydrogen-bond acceptors (Lipinski definition) is 4. The maximum Gasteiger partial charge on any atom is 0.227 e. The molecule has 0 aliphatic heterocycles. The van der Waals surface area contributed by atoms with Crippen LogP contribution < -0.4 is 10.1 Å². The Kier molecular flexibility index (Phi) is 6.91. The molecule has 1 saturated carbocycles. The van der Waals surface area contributed by atoms with Crippen LogP contribution in [0.4, 0.5) is 14.5 Å². The van der Waals surface area contributed by atoms with E-state index in [1.54, 1.807) is 19.6 Å². The predicted molar refractivity (Wildman–Crippen MR) is 139 cm³/mol. The normalized spacial score (nSPS) is 19.5. The van der Waals surface area contributed by atoms with Gasteiger partial charge in [0.2, 0.25) is 11.8 Å². The van der Waals surface area contributed by atoms with Crippen molar-refractivity contribution in [1.82, 2.24) is 14.5 Å². The van der Waals surface area contributed by atoms with Crippen LogP contribution in [-0.2, 0) is 11.3 Å². The fraction of sp³-hybridized carbons (Fsp3) is 0.345. The molecule has 2 aromatic heterocycles. The van der Waals surface area contributed by atoms with Crippen LogP contribution in [0.1, 0.15) is 26.7 Å². The molecule has 1 aliphatic carbocycles. The van der Waals surface area contributed by atoms with E-state index in [0.29, 0.717) is 41.2 Å². The second kappa shape index (κ2) is 10.3. The summed E-state index contributed by atoms with van der Waals surface area (Å²) in [5.41, 5.74) is 3.76. The second-order valence-corrected chi connectivity index (χ2v) is 9.74. The Hall–Kier alpha value is -3.81. The number of hydrogen-bond donors (Lipinski definition) is 1. The number of nitrogens with one attached hydrogen (secondary N) is 1. The van der Waals surface area contributed by atoms with Crippen molar-refractivity contribution in [2.24, 2.45) is 23.7 Å². The molecule has 0 saturated heterocycles. The molecule has 4 unspecified atom stereocenters. The molecule has 8 heteroatoms. The van der Waals surface area contributed by atoms with Crippen molar-refractivity contribution in [1.29, 1.82) is 0 Å². The number of methoxy groups -OCH3 is 1. The van der Waals surface area contributed by atoms with Crippen molar-refractivity contribution in [3.05, 3.63) is 72.7 Å². The van der Waals surface area contributed by atoms with Gasteiger partial charge >= 0.3 is 0 Å². The Morgan fingerprint density at radius 1 is 1.05 bits per heavy atom. The van der Waals surface area contributed by atoms with Gasteiger partial charge in [-0.15, -0.1) is 0 Å². The lowest BCUT2D eigenvalue weighted by Gasteiger charge is -2.13. The van der Waals surface area contributed by atoms with Gasteiger partial charge in [0.25, 0.3) is 0 Å². The van der Waals surface area contributed by atoms with Gasteiger partial charge in [0.1, 0.15) is 0 Å². The highest BCUT2D eigenvalue weighted by molar-refractivity contribution is 5.93. The average molecular weight is 505 g/mol. The number of aryl methyl sites for hydroxylation is 1. The zero-order chi connectivity index (χ0) is 26.1. The second-order valence-electron chi connectivity index (χ2n) is 9.74. The van der Waals surface area contributed by atoms with E-state index in [2.05, 4.69) is 22.2 Å². The number of carbonyl (C=O) groups is 1. The highest BCUT2D eigenvalue weighted by Crippen LogP contribution is 2.55. The minimum absolute atomic E-state index is 0.00967. The summed E-state index contributed by atoms with van der Waals surface area (Å²) in [4.78, 5) is 21.5. The van der Waals surface area contributed by atoms with Crippen LogP contribution >= 0.6 is 0 Å². The summed E-state index contributed by atoms with van der Waals surface area (Å²) in [6.07, 6.45) is 5.25. The summed E-state index contributed by atoms with van der Waals surface area (Å²) in [5, 5.41) is 3.06. The average Bonchev–Trinajstić information content (AvgIpc) is 3.50. The van der Waals surface area contributed by atoms with Gasteiger partial charge < -0.3 is 14.6 Å². The third-order valence-corrected chi connectivity index (χ3v) is 7.66. The number of pyridine rings is 1. The number of aromatic nitrogens is 3. The van der Waals surface area contributed by atoms with Crippen LogP contribution in [0.25, 0.3) is 22.2 Å². The topological polar surface area (TPSA) is 69.0 Å². The van der Waals surface area contributed by atoms with Crippen LogP contribution in [0, 0.1) is 35.3 Å². The van der Waals surface area contributed by atoms with Crippen molar-refractivity contribution in [2.45, 2.75) is 33.2 Å². The summed E-state index contributed by atoms with van der Waals surface area (Å²) in [6.45, 7) is 4.79. The number of ether oxygens (including phenoxy) is 1. The summed E-state index contributed by atoms with van der Waals surface area (Å²) < 4.78 is 34.2. The molecule has 192 valence electrons. The van der Waals surface area contributed by atoms with E-state index in [-0.39, 0.29) is 11.8 Å². The number of anilines is 1. The van der Waals surface area contributed by atoms with E-state index >= 15 is 0 Å². The first-order valence-electron chi connectivity index (χ1n) is 12.6. The Morgan fingerprint density at radius 3 is 2.46 bits per heavy atom. The van der Waals surface area contributed by atoms with E-state index in [1.807, 2.05) is 47.9 Å². The van der Waals surface area contributed by atoms with Gasteiger partial charge in [0.15, 0.2) is 11.6 Å². The van der Waals surface area contributed by atoms with E-state index < -0.39 is 11.6 Å². The molecule has 2 aromatic carbocycles. The smallest absolute Gasteiger partial charge is 0.227 e. The Morgan fingerprint density at radius 2 is 1.78 bits per heavy atom. The zero-order valence-corrected chi connectivity index (χ0v) is 21.1. The highest BCUT2D eigenvalue weighted by Gasteiger charge is 2.52. The number of benzene rings is 2. The number of fused-ring (bicyclic) bond motifs is 1. The first-order chi connectivity index (χ1) is 17.9. The molecular weight excluding hydrogens is 474 g/mol. The van der Waals surface area contributed by atoms with Crippen molar-refractivity contribution in [3.8, 4) is 17.0 Å². The van der Waals surface area contributed by atoms with Gasteiger partial charge in [-0.25, -0.2) is 18.7 Å². The molecule has 0 bridgehead atoms. The Bertz CT molecular complexity index is 1400. The zero-order valence-electron chi connectivity index (χ0n) is 21.1. The SMILES string of the molecule is CCC1C(CCn2cnc3cc(F)c(F)cc32)C1C(C)C(=O)Nc1ccc(-c2ccc(OC)nc2)cc1. The molecule has 37 heavy (non-hydrogen) atoms. The molecule has 1 fully saturated rings. The van der Waals surface area contributed by atoms with Crippen molar-refractivity contribution < 1.29 is 18.3 Å². The lowest BCUT2D eigenvalue weighted by Crippen LogP contribution is -2.23. The molecule has 4 aromatic rings. The van der Waals surface area contributed by atoms with Crippen LogP contribution in [0.2, 0.25) is 0 Å².